The first-order valence-corrected chi connectivity index (χ1v) is 6.65. The van der Waals surface area contributed by atoms with Crippen LogP contribution in [-0.2, 0) is 0 Å². The van der Waals surface area contributed by atoms with E-state index < -0.39 is 0 Å². The number of fused-ring (bicyclic) bond motifs is 1. The monoisotopic (exact) mass is 288 g/mol. The number of hydrogen-bond acceptors (Lipinski definition) is 5. The summed E-state index contributed by atoms with van der Waals surface area (Å²) in [6.45, 7) is 2.96. The fourth-order valence-electron chi connectivity index (χ4n) is 1.83. The van der Waals surface area contributed by atoms with E-state index in [1.165, 1.54) is 0 Å². The molecule has 0 aromatic carbocycles. The van der Waals surface area contributed by atoms with Crippen molar-refractivity contribution in [3.63, 3.8) is 0 Å². The van der Waals surface area contributed by atoms with E-state index in [-0.39, 0.29) is 0 Å². The van der Waals surface area contributed by atoms with Crippen molar-refractivity contribution in [1.29, 1.82) is 0 Å². The van der Waals surface area contributed by atoms with Gasteiger partial charge in [-0.15, -0.1) is 0 Å². The summed E-state index contributed by atoms with van der Waals surface area (Å²) in [5, 5.41) is 3.52. The SMILES string of the molecule is CCN1C=CC=CC(Nc2nc3nc(Cl)ccc3o2)=C1. The third-order valence-electron chi connectivity index (χ3n) is 2.81. The number of aromatic nitrogens is 2. The van der Waals surface area contributed by atoms with Gasteiger partial charge in [0.1, 0.15) is 5.15 Å². The van der Waals surface area contributed by atoms with Crippen LogP contribution in [0.1, 0.15) is 6.92 Å². The van der Waals surface area contributed by atoms with Gasteiger partial charge in [0.15, 0.2) is 5.58 Å². The van der Waals surface area contributed by atoms with E-state index in [0.29, 0.717) is 22.4 Å². The average molecular weight is 289 g/mol. The molecule has 0 radical (unpaired) electrons. The van der Waals surface area contributed by atoms with Crippen molar-refractivity contribution < 1.29 is 4.42 Å². The quantitative estimate of drug-likeness (QED) is 0.876. The van der Waals surface area contributed by atoms with Crippen molar-refractivity contribution >= 4 is 28.8 Å². The van der Waals surface area contributed by atoms with E-state index >= 15 is 0 Å². The molecule has 6 heteroatoms. The molecular formula is C14H13ClN4O. The minimum absolute atomic E-state index is 0.392. The molecular weight excluding hydrogens is 276 g/mol. The summed E-state index contributed by atoms with van der Waals surface area (Å²) >= 11 is 5.83. The van der Waals surface area contributed by atoms with Crippen molar-refractivity contribution in [3.8, 4) is 0 Å². The Hall–Kier alpha value is -2.27. The van der Waals surface area contributed by atoms with E-state index in [0.717, 1.165) is 12.2 Å². The second-order valence-corrected chi connectivity index (χ2v) is 4.60. The van der Waals surface area contributed by atoms with Crippen LogP contribution in [0.4, 0.5) is 6.01 Å². The van der Waals surface area contributed by atoms with E-state index in [1.807, 2.05) is 30.6 Å². The summed E-state index contributed by atoms with van der Waals surface area (Å²) in [7, 11) is 0. The number of pyridine rings is 1. The highest BCUT2D eigenvalue weighted by molar-refractivity contribution is 6.29. The van der Waals surface area contributed by atoms with Crippen molar-refractivity contribution in [2.45, 2.75) is 6.92 Å². The highest BCUT2D eigenvalue weighted by atomic mass is 35.5. The Kier molecular flexibility index (Phi) is 3.43. The lowest BCUT2D eigenvalue weighted by molar-refractivity contribution is 0.534. The Morgan fingerprint density at radius 1 is 1.30 bits per heavy atom. The molecule has 2 aromatic heterocycles. The Labute approximate surface area is 121 Å². The fraction of sp³-hybridized carbons (Fsp3) is 0.143. The van der Waals surface area contributed by atoms with Crippen LogP contribution in [-0.4, -0.2) is 21.4 Å². The van der Waals surface area contributed by atoms with Crippen LogP contribution in [0.2, 0.25) is 5.15 Å². The third kappa shape index (κ3) is 2.67. The Bertz CT molecular complexity index is 717. The normalized spacial score (nSPS) is 14.5. The largest absolute Gasteiger partial charge is 0.422 e. The first-order chi connectivity index (χ1) is 9.74. The fourth-order valence-corrected chi connectivity index (χ4v) is 1.97. The average Bonchev–Trinajstić information content (AvgIpc) is 2.67. The Balaban J connectivity index is 1.87. The number of allylic oxidation sites excluding steroid dienone is 3. The molecule has 0 unspecified atom stereocenters. The standard InChI is InChI=1S/C14H13ClN4O/c1-2-19-8-4-3-5-10(9-19)16-14-18-13-11(20-14)6-7-12(15)17-13/h3-9H,2H2,1H3,(H,16,17,18). The van der Waals surface area contributed by atoms with E-state index in [1.54, 1.807) is 12.1 Å². The maximum absolute atomic E-state index is 5.83. The lowest BCUT2D eigenvalue weighted by Gasteiger charge is -2.12. The van der Waals surface area contributed by atoms with Gasteiger partial charge in [0, 0.05) is 18.9 Å². The first kappa shape index (κ1) is 12.7. The number of rotatable bonds is 3. The summed E-state index contributed by atoms with van der Waals surface area (Å²) in [5.41, 5.74) is 1.97. The van der Waals surface area contributed by atoms with Crippen LogP contribution >= 0.6 is 11.6 Å². The van der Waals surface area contributed by atoms with Crippen molar-refractivity contribution in [2.75, 3.05) is 11.9 Å². The molecule has 5 nitrogen and oxygen atoms in total. The van der Waals surface area contributed by atoms with Crippen LogP contribution in [0.15, 0.2) is 52.9 Å². The minimum Gasteiger partial charge on any atom is -0.422 e. The van der Waals surface area contributed by atoms with E-state index in [9.17, 15) is 0 Å². The van der Waals surface area contributed by atoms with E-state index in [4.69, 9.17) is 16.0 Å². The molecule has 0 atom stereocenters. The van der Waals surface area contributed by atoms with Gasteiger partial charge in [-0.25, -0.2) is 4.98 Å². The molecule has 2 aromatic rings. The van der Waals surface area contributed by atoms with Gasteiger partial charge in [0.25, 0.3) is 0 Å². The Morgan fingerprint density at radius 3 is 3.05 bits per heavy atom. The van der Waals surface area contributed by atoms with Gasteiger partial charge in [0.2, 0.25) is 5.65 Å². The molecule has 0 fully saturated rings. The lowest BCUT2D eigenvalue weighted by Crippen LogP contribution is -2.10. The van der Waals surface area contributed by atoms with Crippen molar-refractivity contribution in [1.82, 2.24) is 14.9 Å². The lowest BCUT2D eigenvalue weighted by atomic mass is 10.4. The smallest absolute Gasteiger partial charge is 0.301 e. The predicted molar refractivity (Wildman–Crippen MR) is 79.2 cm³/mol. The van der Waals surface area contributed by atoms with Gasteiger partial charge >= 0.3 is 6.01 Å². The maximum atomic E-state index is 5.83. The molecule has 102 valence electrons. The van der Waals surface area contributed by atoms with Gasteiger partial charge in [-0.2, -0.15) is 4.98 Å². The zero-order valence-electron chi connectivity index (χ0n) is 10.9. The molecule has 1 aliphatic rings. The van der Waals surface area contributed by atoms with E-state index in [2.05, 4.69) is 27.1 Å². The number of halogens is 1. The number of hydrogen-bond donors (Lipinski definition) is 1. The van der Waals surface area contributed by atoms with Crippen LogP contribution < -0.4 is 5.32 Å². The molecule has 0 amide bonds. The Morgan fingerprint density at radius 2 is 2.20 bits per heavy atom. The predicted octanol–water partition coefficient (Wildman–Crippen LogP) is 3.53. The van der Waals surface area contributed by atoms with Gasteiger partial charge < -0.3 is 14.6 Å². The highest BCUT2D eigenvalue weighted by Gasteiger charge is 2.08. The van der Waals surface area contributed by atoms with Gasteiger partial charge in [0.05, 0.1) is 5.70 Å². The van der Waals surface area contributed by atoms with Gasteiger partial charge in [-0.1, -0.05) is 17.7 Å². The molecule has 1 N–H and O–H groups in total. The number of anilines is 1. The maximum Gasteiger partial charge on any atom is 0.301 e. The van der Waals surface area contributed by atoms with Crippen LogP contribution in [0.5, 0.6) is 0 Å². The molecule has 0 saturated heterocycles. The second-order valence-electron chi connectivity index (χ2n) is 4.22. The van der Waals surface area contributed by atoms with Crippen LogP contribution in [0.3, 0.4) is 0 Å². The molecule has 20 heavy (non-hydrogen) atoms. The molecule has 0 saturated carbocycles. The van der Waals surface area contributed by atoms with Gasteiger partial charge in [-0.3, -0.25) is 0 Å². The minimum atomic E-state index is 0.392. The summed E-state index contributed by atoms with van der Waals surface area (Å²) < 4.78 is 5.58. The van der Waals surface area contributed by atoms with Crippen molar-refractivity contribution in [2.24, 2.45) is 0 Å². The molecule has 0 aliphatic carbocycles. The second kappa shape index (κ2) is 5.38. The summed E-state index contributed by atoms with van der Waals surface area (Å²) in [6.07, 6.45) is 9.85. The number of nitrogens with one attached hydrogen (secondary N) is 1. The molecule has 0 spiro atoms. The number of nitrogens with zero attached hydrogens (tertiary/aromatic N) is 3. The zero-order chi connectivity index (χ0) is 13.9. The number of oxazole rings is 1. The zero-order valence-corrected chi connectivity index (χ0v) is 11.6. The molecule has 3 heterocycles. The first-order valence-electron chi connectivity index (χ1n) is 6.27. The highest BCUT2D eigenvalue weighted by Crippen LogP contribution is 2.20. The van der Waals surface area contributed by atoms with Crippen LogP contribution in [0.25, 0.3) is 11.2 Å². The molecule has 0 bridgehead atoms. The van der Waals surface area contributed by atoms with Gasteiger partial charge in [-0.05, 0) is 31.2 Å². The summed E-state index contributed by atoms with van der Waals surface area (Å²) in [4.78, 5) is 10.4. The molecule has 1 aliphatic heterocycles. The summed E-state index contributed by atoms with van der Waals surface area (Å²) in [5.74, 6) is 0. The van der Waals surface area contributed by atoms with Crippen molar-refractivity contribution in [3.05, 3.63) is 53.6 Å². The summed E-state index contributed by atoms with van der Waals surface area (Å²) in [6, 6.07) is 3.82. The topological polar surface area (TPSA) is 54.2 Å². The molecule has 3 rings (SSSR count). The third-order valence-corrected chi connectivity index (χ3v) is 3.02. The van der Waals surface area contributed by atoms with Crippen LogP contribution in [0, 0.1) is 0 Å².